The van der Waals surface area contributed by atoms with E-state index in [9.17, 15) is 9.59 Å². The number of rotatable bonds is 8. The highest BCUT2D eigenvalue weighted by Gasteiger charge is 2.52. The van der Waals surface area contributed by atoms with Crippen LogP contribution in [0.25, 0.3) is 11.3 Å². The molecule has 220 valence electrons. The van der Waals surface area contributed by atoms with Gasteiger partial charge in [-0.2, -0.15) is 0 Å². The Kier molecular flexibility index (Phi) is 7.18. The fraction of sp³-hybridized carbons (Fsp3) is 0.324. The van der Waals surface area contributed by atoms with Gasteiger partial charge in [-0.1, -0.05) is 59.4 Å². The van der Waals surface area contributed by atoms with Gasteiger partial charge in [0.2, 0.25) is 5.91 Å². The summed E-state index contributed by atoms with van der Waals surface area (Å²) in [4.78, 5) is 28.0. The van der Waals surface area contributed by atoms with Gasteiger partial charge in [0, 0.05) is 17.2 Å². The third-order valence-corrected chi connectivity index (χ3v) is 9.55. The molecule has 1 spiro atoms. The van der Waals surface area contributed by atoms with Crippen molar-refractivity contribution in [3.8, 4) is 17.0 Å². The largest absolute Gasteiger partial charge is 0.489 e. The number of esters is 1. The summed E-state index contributed by atoms with van der Waals surface area (Å²) < 4.78 is 17.1. The lowest BCUT2D eigenvalue weighted by Crippen LogP contribution is -2.38. The van der Waals surface area contributed by atoms with Crippen LogP contribution in [0.5, 0.6) is 5.75 Å². The molecule has 7 rings (SSSR count). The van der Waals surface area contributed by atoms with E-state index in [0.717, 1.165) is 66.7 Å². The van der Waals surface area contributed by atoms with Crippen molar-refractivity contribution in [2.75, 3.05) is 12.0 Å². The third kappa shape index (κ3) is 4.88. The molecule has 1 aliphatic heterocycles. The molecule has 0 saturated heterocycles. The number of nitrogens with zero attached hydrogens (tertiary/aromatic N) is 2. The number of aromatic nitrogens is 1. The summed E-state index contributed by atoms with van der Waals surface area (Å²) in [6, 6.07) is 18.5. The lowest BCUT2D eigenvalue weighted by Gasteiger charge is -2.23. The van der Waals surface area contributed by atoms with Crippen LogP contribution in [0, 0.1) is 0 Å². The monoisotopic (exact) mass is 616 g/mol. The number of benzene rings is 3. The highest BCUT2D eigenvalue weighted by Crippen LogP contribution is 2.53. The molecule has 0 atom stereocenters. The van der Waals surface area contributed by atoms with Crippen molar-refractivity contribution in [1.29, 1.82) is 0 Å². The molecule has 43 heavy (non-hydrogen) atoms. The number of carbonyl (C=O) groups excluding carboxylic acids is 2. The molecule has 2 fully saturated rings. The maximum absolute atomic E-state index is 14.1. The molecule has 3 aromatic carbocycles. The molecule has 1 amide bonds. The van der Waals surface area contributed by atoms with E-state index in [0.29, 0.717) is 45.1 Å². The summed E-state index contributed by atoms with van der Waals surface area (Å²) >= 11 is 13.1. The Morgan fingerprint density at radius 1 is 1.05 bits per heavy atom. The van der Waals surface area contributed by atoms with Crippen LogP contribution in [0.2, 0.25) is 10.0 Å². The summed E-state index contributed by atoms with van der Waals surface area (Å²) in [6.07, 6.45) is 5.67. The summed E-state index contributed by atoms with van der Waals surface area (Å²) in [5.74, 6) is 1.50. The van der Waals surface area contributed by atoms with Crippen LogP contribution in [-0.4, -0.2) is 24.1 Å². The lowest BCUT2D eigenvalue weighted by molar-refractivity contribution is -0.123. The zero-order chi connectivity index (χ0) is 29.7. The molecule has 2 aliphatic carbocycles. The molecule has 9 heteroatoms. The van der Waals surface area contributed by atoms with Gasteiger partial charge in [0.05, 0.1) is 40.2 Å². The fourth-order valence-corrected chi connectivity index (χ4v) is 7.20. The lowest BCUT2D eigenvalue weighted by atomic mass is 9.80. The van der Waals surface area contributed by atoms with E-state index in [-0.39, 0.29) is 12.5 Å². The van der Waals surface area contributed by atoms with Crippen LogP contribution >= 0.6 is 23.2 Å². The van der Waals surface area contributed by atoms with Crippen LogP contribution < -0.4 is 9.64 Å². The number of carbonyl (C=O) groups is 2. The van der Waals surface area contributed by atoms with Crippen LogP contribution in [0.3, 0.4) is 0 Å². The quantitative estimate of drug-likeness (QED) is 0.185. The number of fused-ring (bicyclic) bond motifs is 2. The molecule has 1 aromatic heterocycles. The number of ether oxygens (including phenoxy) is 2. The van der Waals surface area contributed by atoms with Crippen LogP contribution in [0.4, 0.5) is 5.69 Å². The zero-order valence-corrected chi connectivity index (χ0v) is 25.2. The number of hydrogen-bond donors (Lipinski definition) is 0. The number of hydrogen-bond acceptors (Lipinski definition) is 6. The second kappa shape index (κ2) is 11.0. The molecular formula is C34H30Cl2N2O5. The maximum atomic E-state index is 14.1. The van der Waals surface area contributed by atoms with E-state index in [1.54, 1.807) is 30.3 Å². The zero-order valence-electron chi connectivity index (χ0n) is 23.7. The Hall–Kier alpha value is -3.81. The van der Waals surface area contributed by atoms with E-state index in [1.807, 2.05) is 35.2 Å². The van der Waals surface area contributed by atoms with Crippen LogP contribution in [0.1, 0.15) is 77.3 Å². The topological polar surface area (TPSA) is 81.9 Å². The first-order chi connectivity index (χ1) is 20.9. The smallest absolute Gasteiger partial charge is 0.337 e. The number of amides is 1. The second-order valence-electron chi connectivity index (χ2n) is 11.6. The Morgan fingerprint density at radius 3 is 2.51 bits per heavy atom. The minimum atomic E-state index is -0.568. The van der Waals surface area contributed by atoms with E-state index < -0.39 is 11.4 Å². The molecule has 2 heterocycles. The summed E-state index contributed by atoms with van der Waals surface area (Å²) in [7, 11) is 1.36. The highest BCUT2D eigenvalue weighted by molar-refractivity contribution is 6.39. The molecule has 7 nitrogen and oxygen atoms in total. The van der Waals surface area contributed by atoms with Crippen molar-refractivity contribution in [2.24, 2.45) is 0 Å². The van der Waals surface area contributed by atoms with E-state index in [1.165, 1.54) is 7.11 Å². The van der Waals surface area contributed by atoms with Crippen molar-refractivity contribution >= 4 is 40.8 Å². The molecule has 0 unspecified atom stereocenters. The highest BCUT2D eigenvalue weighted by atomic mass is 35.5. The van der Waals surface area contributed by atoms with Crippen LogP contribution in [0.15, 0.2) is 65.2 Å². The minimum Gasteiger partial charge on any atom is -0.489 e. The number of halogens is 2. The first-order valence-corrected chi connectivity index (χ1v) is 15.3. The van der Waals surface area contributed by atoms with E-state index in [2.05, 4.69) is 5.16 Å². The SMILES string of the molecule is COC(=O)c1cccc(CN2C(=O)C3(CCCC3)c3cc(OCc4c(-c5c(Cl)cccc5Cl)noc4C4CC4)ccc32)c1. The van der Waals surface area contributed by atoms with E-state index in [4.69, 9.17) is 37.2 Å². The number of methoxy groups -OCH3 is 1. The summed E-state index contributed by atoms with van der Waals surface area (Å²) in [5, 5.41) is 5.38. The first kappa shape index (κ1) is 28.0. The summed E-state index contributed by atoms with van der Waals surface area (Å²) in [5.41, 5.74) is 4.72. The van der Waals surface area contributed by atoms with Gasteiger partial charge in [-0.25, -0.2) is 4.79 Å². The van der Waals surface area contributed by atoms with Crippen LogP contribution in [-0.2, 0) is 28.1 Å². The predicted octanol–water partition coefficient (Wildman–Crippen LogP) is 8.25. The van der Waals surface area contributed by atoms with E-state index >= 15 is 0 Å². The standard InChI is InChI=1S/C34H30Cl2N2O5/c1-41-32(39)22-7-4-6-20(16-22)18-38-28-13-12-23(17-25(28)34(33(38)40)14-2-3-15-34)42-19-24-30(37-43-31(24)21-10-11-21)29-26(35)8-5-9-27(29)36/h4-9,12-13,16-17,21H,2-3,10-11,14-15,18-19H2,1H3. The molecule has 0 N–H and O–H groups in total. The Bertz CT molecular complexity index is 1720. The average molecular weight is 618 g/mol. The molecule has 0 bridgehead atoms. The molecular weight excluding hydrogens is 587 g/mol. The van der Waals surface area contributed by atoms with Gasteiger partial charge in [0.15, 0.2) is 0 Å². The Morgan fingerprint density at radius 2 is 1.79 bits per heavy atom. The van der Waals surface area contributed by atoms with Crippen molar-refractivity contribution in [3.05, 3.63) is 98.7 Å². The minimum absolute atomic E-state index is 0.103. The Labute approximate surface area is 259 Å². The summed E-state index contributed by atoms with van der Waals surface area (Å²) in [6.45, 7) is 0.599. The molecule has 3 aliphatic rings. The van der Waals surface area contributed by atoms with Gasteiger partial charge in [0.1, 0.15) is 23.8 Å². The third-order valence-electron chi connectivity index (χ3n) is 8.92. The Balaban J connectivity index is 1.20. The van der Waals surface area contributed by atoms with Gasteiger partial charge in [-0.05, 0) is 79.3 Å². The average Bonchev–Trinajstić information content (AvgIpc) is 3.51. The maximum Gasteiger partial charge on any atom is 0.337 e. The van der Waals surface area contributed by atoms with Crippen molar-refractivity contribution in [1.82, 2.24) is 5.16 Å². The second-order valence-corrected chi connectivity index (χ2v) is 12.4. The van der Waals surface area contributed by atoms with Gasteiger partial charge >= 0.3 is 5.97 Å². The van der Waals surface area contributed by atoms with Crippen molar-refractivity contribution < 1.29 is 23.6 Å². The van der Waals surface area contributed by atoms with Crippen molar-refractivity contribution in [2.45, 2.75) is 63.0 Å². The van der Waals surface area contributed by atoms with Gasteiger partial charge < -0.3 is 18.9 Å². The molecule has 4 aromatic rings. The fourth-order valence-electron chi connectivity index (χ4n) is 6.63. The molecule has 2 saturated carbocycles. The normalized spacial score (nSPS) is 17.0. The van der Waals surface area contributed by atoms with Gasteiger partial charge in [-0.3, -0.25) is 4.79 Å². The van der Waals surface area contributed by atoms with Gasteiger partial charge in [0.25, 0.3) is 0 Å². The predicted molar refractivity (Wildman–Crippen MR) is 164 cm³/mol. The molecule has 0 radical (unpaired) electrons. The number of anilines is 1. The van der Waals surface area contributed by atoms with Crippen molar-refractivity contribution in [3.63, 3.8) is 0 Å². The first-order valence-electron chi connectivity index (χ1n) is 14.6. The van der Waals surface area contributed by atoms with Gasteiger partial charge in [-0.15, -0.1) is 0 Å².